The van der Waals surface area contributed by atoms with Crippen molar-refractivity contribution in [3.05, 3.63) is 22.7 Å². The van der Waals surface area contributed by atoms with Crippen LogP contribution in [0.25, 0.3) is 0 Å². The van der Waals surface area contributed by atoms with Crippen LogP contribution in [-0.4, -0.2) is 20.3 Å². The number of nitrogens with zero attached hydrogens (tertiary/aromatic N) is 1. The van der Waals surface area contributed by atoms with E-state index < -0.39 is 5.54 Å². The molecule has 1 aliphatic carbocycles. The van der Waals surface area contributed by atoms with Gasteiger partial charge in [-0.25, -0.2) is 4.79 Å². The Hall–Kier alpha value is -1.51. The average molecular weight is 282 g/mol. The summed E-state index contributed by atoms with van der Waals surface area (Å²) >= 11 is 6.10. The van der Waals surface area contributed by atoms with Gasteiger partial charge in [0.05, 0.1) is 19.2 Å². The van der Waals surface area contributed by atoms with E-state index in [4.69, 9.17) is 21.1 Å². The molecule has 0 unspecified atom stereocenters. The van der Waals surface area contributed by atoms with E-state index in [-0.39, 0.29) is 0 Å². The van der Waals surface area contributed by atoms with Crippen LogP contribution in [0, 0.1) is 0 Å². The molecule has 19 heavy (non-hydrogen) atoms. The molecule has 1 aromatic carbocycles. The van der Waals surface area contributed by atoms with E-state index in [0.29, 0.717) is 16.5 Å². The van der Waals surface area contributed by atoms with Crippen molar-refractivity contribution in [2.75, 3.05) is 14.2 Å². The lowest BCUT2D eigenvalue weighted by atomic mass is 9.88. The first-order valence-corrected chi connectivity index (χ1v) is 6.55. The lowest BCUT2D eigenvalue weighted by molar-refractivity contribution is 0.372. The standard InChI is InChI=1S/C14H16ClNO3/c1-18-12-8-11(15)13(19-2)7-10(12)14(16-9-17)5-3-4-6-14/h7-8H,3-6H2,1-2H3. The predicted molar refractivity (Wildman–Crippen MR) is 72.8 cm³/mol. The molecule has 0 aliphatic heterocycles. The van der Waals surface area contributed by atoms with Gasteiger partial charge in [-0.1, -0.05) is 24.4 Å². The Bertz CT molecular complexity index is 518. The minimum Gasteiger partial charge on any atom is -0.496 e. The van der Waals surface area contributed by atoms with E-state index in [2.05, 4.69) is 4.99 Å². The van der Waals surface area contributed by atoms with Crippen LogP contribution in [-0.2, 0) is 10.3 Å². The number of hydrogen-bond acceptors (Lipinski definition) is 4. The molecule has 5 heteroatoms. The monoisotopic (exact) mass is 281 g/mol. The second-order valence-corrected chi connectivity index (χ2v) is 5.04. The van der Waals surface area contributed by atoms with Crippen LogP contribution in [0.5, 0.6) is 11.5 Å². The summed E-state index contributed by atoms with van der Waals surface area (Å²) < 4.78 is 10.6. The van der Waals surface area contributed by atoms with Crippen molar-refractivity contribution < 1.29 is 14.3 Å². The molecule has 102 valence electrons. The Morgan fingerprint density at radius 1 is 1.21 bits per heavy atom. The molecular weight excluding hydrogens is 266 g/mol. The third kappa shape index (κ3) is 2.46. The number of benzene rings is 1. The van der Waals surface area contributed by atoms with Crippen LogP contribution in [0.1, 0.15) is 31.2 Å². The van der Waals surface area contributed by atoms with E-state index in [1.165, 1.54) is 0 Å². The molecular formula is C14H16ClNO3. The lowest BCUT2D eigenvalue weighted by Crippen LogP contribution is -2.20. The smallest absolute Gasteiger partial charge is 0.235 e. The fourth-order valence-corrected chi connectivity index (χ4v) is 2.94. The summed E-state index contributed by atoms with van der Waals surface area (Å²) in [5.41, 5.74) is 0.294. The zero-order chi connectivity index (χ0) is 13.9. The zero-order valence-corrected chi connectivity index (χ0v) is 11.8. The van der Waals surface area contributed by atoms with Gasteiger partial charge >= 0.3 is 0 Å². The van der Waals surface area contributed by atoms with Gasteiger partial charge in [-0.2, -0.15) is 4.99 Å². The number of halogens is 1. The number of aliphatic imine (C=N–C) groups is 1. The minimum absolute atomic E-state index is 0.478. The highest BCUT2D eigenvalue weighted by Crippen LogP contribution is 2.48. The van der Waals surface area contributed by atoms with Gasteiger partial charge in [-0.15, -0.1) is 0 Å². The van der Waals surface area contributed by atoms with E-state index in [1.807, 2.05) is 6.07 Å². The molecule has 0 N–H and O–H groups in total. The number of ether oxygens (including phenoxy) is 2. The van der Waals surface area contributed by atoms with Crippen molar-refractivity contribution in [1.82, 2.24) is 0 Å². The molecule has 1 saturated carbocycles. The zero-order valence-electron chi connectivity index (χ0n) is 11.0. The molecule has 4 nitrogen and oxygen atoms in total. The third-order valence-electron chi connectivity index (χ3n) is 3.67. The molecule has 0 atom stereocenters. The Labute approximate surface area is 117 Å². The first kappa shape index (κ1) is 13.9. The Balaban J connectivity index is 2.61. The average Bonchev–Trinajstić information content (AvgIpc) is 2.88. The number of carbonyl (C=O) groups excluding carboxylic acids is 1. The highest BCUT2D eigenvalue weighted by Gasteiger charge is 2.38. The van der Waals surface area contributed by atoms with Crippen LogP contribution in [0.2, 0.25) is 5.02 Å². The maximum Gasteiger partial charge on any atom is 0.235 e. The quantitative estimate of drug-likeness (QED) is 0.627. The number of hydrogen-bond donors (Lipinski definition) is 0. The summed E-state index contributed by atoms with van der Waals surface area (Å²) in [5, 5.41) is 0.478. The normalized spacial score (nSPS) is 16.8. The summed E-state index contributed by atoms with van der Waals surface area (Å²) in [6.07, 6.45) is 5.37. The summed E-state index contributed by atoms with van der Waals surface area (Å²) in [5.74, 6) is 1.19. The first-order chi connectivity index (χ1) is 9.16. The molecule has 0 saturated heterocycles. The van der Waals surface area contributed by atoms with Crippen molar-refractivity contribution in [3.8, 4) is 11.5 Å². The van der Waals surface area contributed by atoms with Crippen molar-refractivity contribution >= 4 is 17.7 Å². The van der Waals surface area contributed by atoms with Gasteiger partial charge in [0.1, 0.15) is 17.0 Å². The molecule has 0 spiro atoms. The van der Waals surface area contributed by atoms with Crippen molar-refractivity contribution in [2.45, 2.75) is 31.2 Å². The van der Waals surface area contributed by atoms with E-state index >= 15 is 0 Å². The number of isocyanates is 1. The number of methoxy groups -OCH3 is 2. The van der Waals surface area contributed by atoms with Crippen molar-refractivity contribution in [3.63, 3.8) is 0 Å². The molecule has 0 amide bonds. The lowest BCUT2D eigenvalue weighted by Gasteiger charge is -2.25. The third-order valence-corrected chi connectivity index (χ3v) is 3.96. The first-order valence-electron chi connectivity index (χ1n) is 6.18. The molecule has 1 aliphatic rings. The fraction of sp³-hybridized carbons (Fsp3) is 0.500. The molecule has 0 bridgehead atoms. The molecule has 0 heterocycles. The minimum atomic E-state index is -0.551. The van der Waals surface area contributed by atoms with Gasteiger partial charge in [0.2, 0.25) is 6.08 Å². The van der Waals surface area contributed by atoms with E-state index in [1.54, 1.807) is 26.4 Å². The molecule has 1 aromatic rings. The maximum absolute atomic E-state index is 10.8. The molecule has 0 radical (unpaired) electrons. The van der Waals surface area contributed by atoms with Gasteiger partial charge in [-0.3, -0.25) is 0 Å². The van der Waals surface area contributed by atoms with E-state index in [0.717, 1.165) is 31.2 Å². The maximum atomic E-state index is 10.8. The molecule has 0 aromatic heterocycles. The van der Waals surface area contributed by atoms with Gasteiger partial charge < -0.3 is 9.47 Å². The highest BCUT2D eigenvalue weighted by atomic mass is 35.5. The van der Waals surface area contributed by atoms with Crippen LogP contribution in [0.4, 0.5) is 0 Å². The number of rotatable bonds is 4. The summed E-state index contributed by atoms with van der Waals surface area (Å²) in [4.78, 5) is 14.8. The van der Waals surface area contributed by atoms with Gasteiger partial charge in [-0.05, 0) is 18.9 Å². The van der Waals surface area contributed by atoms with Crippen LogP contribution in [0.15, 0.2) is 17.1 Å². The molecule has 1 fully saturated rings. The summed E-state index contributed by atoms with van der Waals surface area (Å²) in [6, 6.07) is 3.52. The second-order valence-electron chi connectivity index (χ2n) is 4.63. The van der Waals surface area contributed by atoms with Gasteiger partial charge in [0.15, 0.2) is 0 Å². The SMILES string of the molecule is COc1cc(C2(N=C=O)CCCC2)c(OC)cc1Cl. The second kappa shape index (κ2) is 5.64. The Morgan fingerprint density at radius 2 is 1.84 bits per heavy atom. The van der Waals surface area contributed by atoms with Crippen molar-refractivity contribution in [2.24, 2.45) is 4.99 Å². The molecule has 2 rings (SSSR count). The highest BCUT2D eigenvalue weighted by molar-refractivity contribution is 6.32. The van der Waals surface area contributed by atoms with Crippen molar-refractivity contribution in [1.29, 1.82) is 0 Å². The van der Waals surface area contributed by atoms with Gasteiger partial charge in [0, 0.05) is 11.6 Å². The Kier molecular flexibility index (Phi) is 4.13. The van der Waals surface area contributed by atoms with Crippen LogP contribution >= 0.6 is 11.6 Å². The summed E-state index contributed by atoms with van der Waals surface area (Å²) in [6.45, 7) is 0. The van der Waals surface area contributed by atoms with Crippen LogP contribution < -0.4 is 9.47 Å². The Morgan fingerprint density at radius 3 is 2.37 bits per heavy atom. The predicted octanol–water partition coefficient (Wildman–Crippen LogP) is 3.46. The topological polar surface area (TPSA) is 47.9 Å². The van der Waals surface area contributed by atoms with Crippen LogP contribution in [0.3, 0.4) is 0 Å². The van der Waals surface area contributed by atoms with E-state index in [9.17, 15) is 4.79 Å². The van der Waals surface area contributed by atoms with Gasteiger partial charge in [0.25, 0.3) is 0 Å². The largest absolute Gasteiger partial charge is 0.496 e. The fourth-order valence-electron chi connectivity index (χ4n) is 2.71. The summed E-state index contributed by atoms with van der Waals surface area (Å²) in [7, 11) is 3.14.